The Morgan fingerprint density at radius 1 is 1.50 bits per heavy atom. The summed E-state index contributed by atoms with van der Waals surface area (Å²) in [5.41, 5.74) is 0.00795. The number of hydrogen-bond acceptors (Lipinski definition) is 3. The Labute approximate surface area is 97.8 Å². The number of nitro groups is 1. The number of benzene rings is 1. The van der Waals surface area contributed by atoms with E-state index in [0.717, 1.165) is 18.2 Å². The molecule has 0 unspecified atom stereocenters. The summed E-state index contributed by atoms with van der Waals surface area (Å²) in [7, 11) is 0. The van der Waals surface area contributed by atoms with E-state index in [2.05, 4.69) is 20.7 Å². The third-order valence-electron chi connectivity index (χ3n) is 1.66. The molecular formula is C9H6BrF2NO3. The van der Waals surface area contributed by atoms with E-state index in [4.69, 9.17) is 0 Å². The summed E-state index contributed by atoms with van der Waals surface area (Å²) in [6, 6.07) is 3.38. The van der Waals surface area contributed by atoms with Crippen LogP contribution >= 0.6 is 15.9 Å². The van der Waals surface area contributed by atoms with E-state index in [1.165, 1.54) is 11.1 Å². The molecule has 4 nitrogen and oxygen atoms in total. The molecule has 0 heterocycles. The average molecular weight is 294 g/mol. The van der Waals surface area contributed by atoms with Crippen LogP contribution in [0.2, 0.25) is 0 Å². The van der Waals surface area contributed by atoms with Gasteiger partial charge < -0.3 is 4.74 Å². The monoisotopic (exact) mass is 293 g/mol. The van der Waals surface area contributed by atoms with Gasteiger partial charge in [0.15, 0.2) is 0 Å². The van der Waals surface area contributed by atoms with Crippen molar-refractivity contribution in [2.24, 2.45) is 0 Å². The van der Waals surface area contributed by atoms with Crippen LogP contribution in [-0.4, -0.2) is 11.5 Å². The number of halogens is 3. The van der Waals surface area contributed by atoms with Gasteiger partial charge in [0.05, 0.1) is 4.92 Å². The first-order valence-corrected chi connectivity index (χ1v) is 4.96. The van der Waals surface area contributed by atoms with E-state index in [1.807, 2.05) is 0 Å². The lowest BCUT2D eigenvalue weighted by molar-refractivity contribution is -0.384. The largest absolute Gasteiger partial charge is 0.434 e. The Hall–Kier alpha value is -1.50. The quantitative estimate of drug-likeness (QED) is 0.630. The number of hydrogen-bond donors (Lipinski definition) is 0. The maximum absolute atomic E-state index is 12.0. The highest BCUT2D eigenvalue weighted by molar-refractivity contribution is 9.11. The third kappa shape index (κ3) is 3.27. The Morgan fingerprint density at radius 2 is 2.19 bits per heavy atom. The molecule has 86 valence electrons. The van der Waals surface area contributed by atoms with Crippen molar-refractivity contribution >= 4 is 27.7 Å². The zero-order chi connectivity index (χ0) is 12.1. The molecule has 0 aromatic heterocycles. The highest BCUT2D eigenvalue weighted by Crippen LogP contribution is 2.27. The van der Waals surface area contributed by atoms with Crippen molar-refractivity contribution in [1.29, 1.82) is 0 Å². The van der Waals surface area contributed by atoms with Gasteiger partial charge in [-0.1, -0.05) is 15.9 Å². The fourth-order valence-corrected chi connectivity index (χ4v) is 1.34. The maximum atomic E-state index is 12.0. The SMILES string of the molecule is O=[N+]([O-])c1ccc(OC(F)F)c(/C=C/Br)c1. The molecule has 0 saturated heterocycles. The second kappa shape index (κ2) is 5.55. The van der Waals surface area contributed by atoms with Gasteiger partial charge in [-0.25, -0.2) is 0 Å². The molecule has 0 bridgehead atoms. The predicted octanol–water partition coefficient (Wildman–Crippen LogP) is 3.56. The van der Waals surface area contributed by atoms with Crippen molar-refractivity contribution < 1.29 is 18.4 Å². The normalized spacial score (nSPS) is 11.0. The van der Waals surface area contributed by atoms with Crippen LogP contribution < -0.4 is 4.74 Å². The van der Waals surface area contributed by atoms with Crippen LogP contribution in [0.4, 0.5) is 14.5 Å². The van der Waals surface area contributed by atoms with Crippen LogP contribution in [0.25, 0.3) is 6.08 Å². The minimum atomic E-state index is -2.97. The molecule has 0 aliphatic heterocycles. The van der Waals surface area contributed by atoms with Gasteiger partial charge in [-0.2, -0.15) is 8.78 Å². The summed E-state index contributed by atoms with van der Waals surface area (Å²) in [5, 5.41) is 10.5. The zero-order valence-corrected chi connectivity index (χ0v) is 9.36. The number of nitro benzene ring substituents is 1. The van der Waals surface area contributed by atoms with Crippen molar-refractivity contribution in [1.82, 2.24) is 0 Å². The lowest BCUT2D eigenvalue weighted by Crippen LogP contribution is -2.03. The standard InChI is InChI=1S/C9H6BrF2NO3/c10-4-3-6-5-7(13(14)15)1-2-8(6)16-9(11)12/h1-5,9H/b4-3+. The summed E-state index contributed by atoms with van der Waals surface area (Å²) in [5.74, 6) is -0.115. The molecule has 7 heteroatoms. The second-order valence-electron chi connectivity index (χ2n) is 2.65. The molecule has 0 atom stereocenters. The molecule has 0 aliphatic carbocycles. The summed E-state index contributed by atoms with van der Waals surface area (Å²) < 4.78 is 28.2. The first kappa shape index (κ1) is 12.6. The molecular weight excluding hydrogens is 288 g/mol. The topological polar surface area (TPSA) is 52.4 Å². The summed E-state index contributed by atoms with van der Waals surface area (Å²) in [4.78, 5) is 11.3. The zero-order valence-electron chi connectivity index (χ0n) is 7.77. The van der Waals surface area contributed by atoms with E-state index in [9.17, 15) is 18.9 Å². The van der Waals surface area contributed by atoms with Crippen molar-refractivity contribution in [3.63, 3.8) is 0 Å². The number of rotatable bonds is 4. The summed E-state index contributed by atoms with van der Waals surface area (Å²) >= 11 is 2.95. The molecule has 0 radical (unpaired) electrons. The second-order valence-corrected chi connectivity index (χ2v) is 3.18. The molecule has 0 saturated carbocycles. The fraction of sp³-hybridized carbons (Fsp3) is 0.111. The lowest BCUT2D eigenvalue weighted by Gasteiger charge is -2.07. The third-order valence-corrected chi connectivity index (χ3v) is 1.93. The van der Waals surface area contributed by atoms with Gasteiger partial charge in [0, 0.05) is 17.7 Å². The fourth-order valence-electron chi connectivity index (χ4n) is 1.05. The molecule has 16 heavy (non-hydrogen) atoms. The molecule has 0 amide bonds. The highest BCUT2D eigenvalue weighted by atomic mass is 79.9. The van der Waals surface area contributed by atoms with Crippen LogP contribution in [0.3, 0.4) is 0 Å². The molecule has 0 aliphatic rings. The van der Waals surface area contributed by atoms with E-state index in [1.54, 1.807) is 0 Å². The van der Waals surface area contributed by atoms with Crippen molar-refractivity contribution in [3.05, 3.63) is 38.9 Å². The molecule has 1 aromatic carbocycles. The van der Waals surface area contributed by atoms with E-state index in [0.29, 0.717) is 0 Å². The molecule has 1 aromatic rings. The van der Waals surface area contributed by atoms with Crippen molar-refractivity contribution in [2.75, 3.05) is 0 Å². The van der Waals surface area contributed by atoms with Gasteiger partial charge in [0.2, 0.25) is 0 Å². The highest BCUT2D eigenvalue weighted by Gasteiger charge is 2.12. The van der Waals surface area contributed by atoms with E-state index >= 15 is 0 Å². The van der Waals surface area contributed by atoms with Gasteiger partial charge in [-0.05, 0) is 17.1 Å². The molecule has 1 rings (SSSR count). The lowest BCUT2D eigenvalue weighted by atomic mass is 10.2. The van der Waals surface area contributed by atoms with Crippen molar-refractivity contribution in [3.8, 4) is 5.75 Å². The predicted molar refractivity (Wildman–Crippen MR) is 57.7 cm³/mol. The Kier molecular flexibility index (Phi) is 4.36. The van der Waals surface area contributed by atoms with E-state index in [-0.39, 0.29) is 17.0 Å². The Balaban J connectivity index is 3.13. The van der Waals surface area contributed by atoms with Crippen LogP contribution in [0.15, 0.2) is 23.2 Å². The van der Waals surface area contributed by atoms with Gasteiger partial charge in [0.25, 0.3) is 5.69 Å². The maximum Gasteiger partial charge on any atom is 0.387 e. The average Bonchev–Trinajstić information content (AvgIpc) is 2.20. The minimum absolute atomic E-state index is 0.115. The van der Waals surface area contributed by atoms with Gasteiger partial charge in [0.1, 0.15) is 5.75 Å². The van der Waals surface area contributed by atoms with Crippen LogP contribution in [-0.2, 0) is 0 Å². The number of non-ortho nitro benzene ring substituents is 1. The molecule has 0 fully saturated rings. The number of nitrogens with zero attached hydrogens (tertiary/aromatic N) is 1. The first-order chi connectivity index (χ1) is 7.54. The Bertz CT molecular complexity index is 423. The smallest absolute Gasteiger partial charge is 0.387 e. The Morgan fingerprint density at radius 3 is 2.69 bits per heavy atom. The number of ether oxygens (including phenoxy) is 1. The van der Waals surface area contributed by atoms with Gasteiger partial charge in [-0.15, -0.1) is 0 Å². The van der Waals surface area contributed by atoms with Crippen molar-refractivity contribution in [2.45, 2.75) is 6.61 Å². The summed E-state index contributed by atoms with van der Waals surface area (Å²) in [6.07, 6.45) is 1.38. The molecule has 0 N–H and O–H groups in total. The number of alkyl halides is 2. The van der Waals surface area contributed by atoms with Crippen LogP contribution in [0, 0.1) is 10.1 Å². The van der Waals surface area contributed by atoms with Crippen LogP contribution in [0.1, 0.15) is 5.56 Å². The van der Waals surface area contributed by atoms with Crippen LogP contribution in [0.5, 0.6) is 5.75 Å². The summed E-state index contributed by atoms with van der Waals surface area (Å²) in [6.45, 7) is -2.97. The molecule has 0 spiro atoms. The van der Waals surface area contributed by atoms with Gasteiger partial charge in [-0.3, -0.25) is 10.1 Å². The van der Waals surface area contributed by atoms with Gasteiger partial charge >= 0.3 is 6.61 Å². The first-order valence-electron chi connectivity index (χ1n) is 4.04. The minimum Gasteiger partial charge on any atom is -0.434 e. The van der Waals surface area contributed by atoms with E-state index < -0.39 is 11.5 Å².